The molecule has 1 saturated heterocycles. The average molecular weight is 425 g/mol. The number of aromatic nitrogens is 2. The number of ether oxygens (including phenoxy) is 2. The van der Waals surface area contributed by atoms with Crippen molar-refractivity contribution >= 4 is 23.4 Å². The van der Waals surface area contributed by atoms with Crippen LogP contribution in [0.5, 0.6) is 11.8 Å². The third kappa shape index (κ3) is 4.60. The van der Waals surface area contributed by atoms with E-state index in [-0.39, 0.29) is 18.1 Å². The summed E-state index contributed by atoms with van der Waals surface area (Å²) in [7, 11) is 1.49. The monoisotopic (exact) mass is 424 g/mol. The number of methoxy groups -OCH3 is 1. The van der Waals surface area contributed by atoms with Crippen molar-refractivity contribution in [2.45, 2.75) is 38.8 Å². The minimum absolute atomic E-state index is 0.0162. The summed E-state index contributed by atoms with van der Waals surface area (Å²) in [5.41, 5.74) is 14.0. The minimum Gasteiger partial charge on any atom is -0.481 e. The van der Waals surface area contributed by atoms with E-state index < -0.39 is 0 Å². The Kier molecular flexibility index (Phi) is 6.74. The van der Waals surface area contributed by atoms with Gasteiger partial charge in [0.1, 0.15) is 6.10 Å². The van der Waals surface area contributed by atoms with Gasteiger partial charge in [0, 0.05) is 47.5 Å². The third-order valence-corrected chi connectivity index (χ3v) is 5.50. The summed E-state index contributed by atoms with van der Waals surface area (Å²) in [5, 5.41) is 7.62. The molecule has 164 valence electrons. The zero-order valence-electron chi connectivity index (χ0n) is 18.0. The summed E-state index contributed by atoms with van der Waals surface area (Å²) < 4.78 is 11.3. The SMILES string of the molecule is COc1ccc(C(=O)N2C[C@H](Oc3nccc(N)c3C)CC[C@H]2C)c(/C(C=N)=C/N)n1. The fourth-order valence-corrected chi connectivity index (χ4v) is 3.56. The maximum Gasteiger partial charge on any atom is 0.256 e. The summed E-state index contributed by atoms with van der Waals surface area (Å²) in [6.07, 6.45) is 5.29. The summed E-state index contributed by atoms with van der Waals surface area (Å²) in [6, 6.07) is 5.02. The van der Waals surface area contributed by atoms with Crippen molar-refractivity contribution < 1.29 is 14.3 Å². The standard InChI is InChI=1S/C22H28N6O3/c1-13-4-5-16(31-21-14(2)18(25)8-9-26-21)12-28(13)22(29)17-6-7-19(30-3)27-20(17)15(10-23)11-24/h6-11,13,16,23H,4-5,12,24H2,1-3H3,(H2,25,26)/b15-11+,23-10?/t13-,16-/m1/s1. The van der Waals surface area contributed by atoms with Crippen LogP contribution in [-0.2, 0) is 0 Å². The molecule has 9 heteroatoms. The van der Waals surface area contributed by atoms with Crippen LogP contribution in [0.4, 0.5) is 5.69 Å². The zero-order chi connectivity index (χ0) is 22.5. The van der Waals surface area contributed by atoms with E-state index in [0.29, 0.717) is 40.8 Å². The molecular weight excluding hydrogens is 396 g/mol. The number of nitrogens with zero attached hydrogens (tertiary/aromatic N) is 3. The number of nitrogens with one attached hydrogen (secondary N) is 1. The molecule has 0 radical (unpaired) electrons. The molecule has 3 heterocycles. The van der Waals surface area contributed by atoms with E-state index in [1.54, 1.807) is 29.3 Å². The lowest BCUT2D eigenvalue weighted by molar-refractivity contribution is 0.0370. The van der Waals surface area contributed by atoms with E-state index >= 15 is 0 Å². The van der Waals surface area contributed by atoms with Gasteiger partial charge in [0.05, 0.1) is 24.9 Å². The summed E-state index contributed by atoms with van der Waals surface area (Å²) in [5.74, 6) is 0.615. The normalized spacial score (nSPS) is 19.1. The molecule has 0 aliphatic carbocycles. The smallest absolute Gasteiger partial charge is 0.256 e. The second kappa shape index (κ2) is 9.46. The number of hydrogen-bond acceptors (Lipinski definition) is 8. The third-order valence-electron chi connectivity index (χ3n) is 5.50. The molecule has 2 aromatic heterocycles. The van der Waals surface area contributed by atoms with Crippen LogP contribution in [0.2, 0.25) is 0 Å². The van der Waals surface area contributed by atoms with Gasteiger partial charge in [-0.05, 0) is 38.8 Å². The number of nitrogen functional groups attached to an aromatic ring is 1. The number of anilines is 1. The zero-order valence-corrected chi connectivity index (χ0v) is 18.0. The Morgan fingerprint density at radius 3 is 2.77 bits per heavy atom. The summed E-state index contributed by atoms with van der Waals surface area (Å²) >= 11 is 0. The van der Waals surface area contributed by atoms with E-state index in [0.717, 1.165) is 24.6 Å². The van der Waals surface area contributed by atoms with Crippen molar-refractivity contribution in [2.24, 2.45) is 5.73 Å². The molecule has 3 rings (SSSR count). The van der Waals surface area contributed by atoms with Gasteiger partial charge >= 0.3 is 0 Å². The van der Waals surface area contributed by atoms with Crippen LogP contribution in [-0.4, -0.2) is 52.8 Å². The number of hydrogen-bond donors (Lipinski definition) is 3. The highest BCUT2D eigenvalue weighted by Gasteiger charge is 2.33. The van der Waals surface area contributed by atoms with Crippen molar-refractivity contribution in [3.8, 4) is 11.8 Å². The van der Waals surface area contributed by atoms with E-state index in [2.05, 4.69) is 9.97 Å². The highest BCUT2D eigenvalue weighted by molar-refractivity contribution is 6.12. The highest BCUT2D eigenvalue weighted by Crippen LogP contribution is 2.28. The number of nitrogens with two attached hydrogens (primary N) is 2. The first kappa shape index (κ1) is 22.1. The Morgan fingerprint density at radius 2 is 2.10 bits per heavy atom. The molecular formula is C22H28N6O3. The first-order chi connectivity index (χ1) is 14.9. The first-order valence-electron chi connectivity index (χ1n) is 10.1. The lowest BCUT2D eigenvalue weighted by Gasteiger charge is -2.38. The quantitative estimate of drug-likeness (QED) is 0.605. The highest BCUT2D eigenvalue weighted by atomic mass is 16.5. The Bertz CT molecular complexity index is 1010. The molecule has 2 atom stereocenters. The van der Waals surface area contributed by atoms with Crippen LogP contribution >= 0.6 is 0 Å². The number of carbonyl (C=O) groups excluding carboxylic acids is 1. The van der Waals surface area contributed by atoms with Crippen LogP contribution in [0.1, 0.15) is 41.4 Å². The fraction of sp³-hybridized carbons (Fsp3) is 0.364. The minimum atomic E-state index is -0.213. The first-order valence-corrected chi connectivity index (χ1v) is 10.1. The number of amides is 1. The van der Waals surface area contributed by atoms with Crippen LogP contribution in [0.3, 0.4) is 0 Å². The Morgan fingerprint density at radius 1 is 1.32 bits per heavy atom. The Hall–Kier alpha value is -3.62. The van der Waals surface area contributed by atoms with Gasteiger partial charge in [0.25, 0.3) is 5.91 Å². The maximum absolute atomic E-state index is 13.5. The van der Waals surface area contributed by atoms with Gasteiger partial charge in [-0.2, -0.15) is 0 Å². The van der Waals surface area contributed by atoms with Gasteiger partial charge in [0.15, 0.2) is 0 Å². The van der Waals surface area contributed by atoms with Crippen LogP contribution in [0.15, 0.2) is 30.6 Å². The van der Waals surface area contributed by atoms with Crippen LogP contribution < -0.4 is 20.9 Å². The van der Waals surface area contributed by atoms with Crippen molar-refractivity contribution in [3.63, 3.8) is 0 Å². The number of rotatable bonds is 6. The molecule has 0 unspecified atom stereocenters. The van der Waals surface area contributed by atoms with Crippen molar-refractivity contribution in [2.75, 3.05) is 19.4 Å². The molecule has 0 saturated carbocycles. The Balaban J connectivity index is 1.88. The molecule has 1 fully saturated rings. The van der Waals surface area contributed by atoms with Crippen LogP contribution in [0.25, 0.3) is 5.57 Å². The van der Waals surface area contributed by atoms with E-state index in [9.17, 15) is 4.79 Å². The lowest BCUT2D eigenvalue weighted by Crippen LogP contribution is -2.49. The molecule has 1 amide bonds. The van der Waals surface area contributed by atoms with Gasteiger partial charge in [-0.1, -0.05) is 0 Å². The van der Waals surface area contributed by atoms with Gasteiger partial charge in [-0.15, -0.1) is 0 Å². The predicted octanol–water partition coefficient (Wildman–Crippen LogP) is 2.40. The average Bonchev–Trinajstić information content (AvgIpc) is 2.78. The number of carbonyl (C=O) groups is 1. The van der Waals surface area contributed by atoms with Gasteiger partial charge in [0.2, 0.25) is 11.8 Å². The number of likely N-dealkylation sites (tertiary alicyclic amines) is 1. The molecule has 0 aromatic carbocycles. The predicted molar refractivity (Wildman–Crippen MR) is 119 cm³/mol. The topological polar surface area (TPSA) is 140 Å². The second-order valence-corrected chi connectivity index (χ2v) is 7.47. The molecule has 5 N–H and O–H groups in total. The summed E-state index contributed by atoms with van der Waals surface area (Å²) in [6.45, 7) is 4.26. The van der Waals surface area contributed by atoms with E-state index in [1.165, 1.54) is 13.3 Å². The number of piperidine rings is 1. The molecule has 2 aromatic rings. The molecule has 31 heavy (non-hydrogen) atoms. The van der Waals surface area contributed by atoms with Crippen molar-refractivity contribution in [3.05, 3.63) is 47.4 Å². The lowest BCUT2D eigenvalue weighted by atomic mass is 9.98. The van der Waals surface area contributed by atoms with E-state index in [1.807, 2.05) is 13.8 Å². The molecule has 0 spiro atoms. The van der Waals surface area contributed by atoms with Crippen molar-refractivity contribution in [1.29, 1.82) is 5.41 Å². The molecule has 1 aliphatic rings. The maximum atomic E-state index is 13.5. The van der Waals surface area contributed by atoms with Gasteiger partial charge < -0.3 is 31.3 Å². The second-order valence-electron chi connectivity index (χ2n) is 7.47. The molecule has 9 nitrogen and oxygen atoms in total. The van der Waals surface area contributed by atoms with Crippen molar-refractivity contribution in [1.82, 2.24) is 14.9 Å². The largest absolute Gasteiger partial charge is 0.481 e. The fourth-order valence-electron chi connectivity index (χ4n) is 3.56. The number of allylic oxidation sites excluding steroid dienone is 1. The number of pyridine rings is 2. The summed E-state index contributed by atoms with van der Waals surface area (Å²) in [4.78, 5) is 23.9. The van der Waals surface area contributed by atoms with E-state index in [4.69, 9.17) is 26.4 Å². The Labute approximate surface area is 181 Å². The molecule has 1 aliphatic heterocycles. The van der Waals surface area contributed by atoms with Gasteiger partial charge in [-0.25, -0.2) is 9.97 Å². The van der Waals surface area contributed by atoms with Gasteiger partial charge in [-0.3, -0.25) is 4.79 Å². The van der Waals surface area contributed by atoms with Crippen LogP contribution in [0, 0.1) is 12.3 Å². The molecule has 0 bridgehead atoms.